The Kier molecular flexibility index (Phi) is 4.05. The number of phenolic OH excluding ortho intramolecular Hbond substituents is 1. The van der Waals surface area contributed by atoms with Gasteiger partial charge in [-0.25, -0.2) is 4.98 Å². The highest BCUT2D eigenvalue weighted by Gasteiger charge is 2.14. The summed E-state index contributed by atoms with van der Waals surface area (Å²) < 4.78 is 1.98. The Balaban J connectivity index is 1.92. The molecule has 1 aromatic carbocycles. The van der Waals surface area contributed by atoms with Crippen LogP contribution in [0.1, 0.15) is 11.5 Å². The molecular formula is C17H18N4O. The Hall–Kier alpha value is -2.82. The number of rotatable bonds is 5. The van der Waals surface area contributed by atoms with Gasteiger partial charge in [0.05, 0.1) is 24.5 Å². The largest absolute Gasteiger partial charge is 0.506 e. The number of hydrogen-bond acceptors (Lipinski definition) is 4. The molecule has 0 bridgehead atoms. The van der Waals surface area contributed by atoms with Crippen LogP contribution >= 0.6 is 0 Å². The van der Waals surface area contributed by atoms with Crippen LogP contribution in [0.5, 0.6) is 5.75 Å². The van der Waals surface area contributed by atoms with E-state index in [1.54, 1.807) is 18.5 Å². The minimum atomic E-state index is 0.257. The zero-order valence-corrected chi connectivity index (χ0v) is 12.4. The molecule has 0 radical (unpaired) electrons. The van der Waals surface area contributed by atoms with E-state index in [4.69, 9.17) is 0 Å². The fourth-order valence-electron chi connectivity index (χ4n) is 2.36. The summed E-state index contributed by atoms with van der Waals surface area (Å²) in [6, 6.07) is 13.2. The molecule has 5 heteroatoms. The van der Waals surface area contributed by atoms with Crippen LogP contribution in [0.3, 0.4) is 0 Å². The summed E-state index contributed by atoms with van der Waals surface area (Å²) in [4.78, 5) is 10.8. The molecule has 2 heterocycles. The molecule has 0 saturated carbocycles. The number of para-hydroxylation sites is 2. The van der Waals surface area contributed by atoms with Crippen molar-refractivity contribution in [3.8, 4) is 5.75 Å². The van der Waals surface area contributed by atoms with Crippen LogP contribution in [0.25, 0.3) is 0 Å². The van der Waals surface area contributed by atoms with Gasteiger partial charge in [-0.1, -0.05) is 18.2 Å². The number of aryl methyl sites for hydroxylation is 1. The molecule has 0 aliphatic carbocycles. The highest BCUT2D eigenvalue weighted by Crippen LogP contribution is 2.28. The van der Waals surface area contributed by atoms with E-state index in [0.717, 1.165) is 17.2 Å². The summed E-state index contributed by atoms with van der Waals surface area (Å²) in [5.74, 6) is 1.19. The predicted molar refractivity (Wildman–Crippen MR) is 85.4 cm³/mol. The minimum Gasteiger partial charge on any atom is -0.506 e. The lowest BCUT2D eigenvalue weighted by Crippen LogP contribution is -2.24. The number of nitrogens with zero attached hydrogens (tertiary/aromatic N) is 4. The molecular weight excluding hydrogens is 276 g/mol. The Bertz CT molecular complexity index is 739. The molecule has 1 N–H and O–H groups in total. The smallest absolute Gasteiger partial charge is 0.138 e. The number of benzene rings is 1. The first-order valence-corrected chi connectivity index (χ1v) is 7.13. The molecule has 112 valence electrons. The van der Waals surface area contributed by atoms with Crippen molar-refractivity contribution in [1.82, 2.24) is 14.5 Å². The van der Waals surface area contributed by atoms with Crippen molar-refractivity contribution in [2.24, 2.45) is 7.05 Å². The molecule has 2 aromatic heterocycles. The van der Waals surface area contributed by atoms with Crippen LogP contribution in [0, 0.1) is 0 Å². The third-order valence-electron chi connectivity index (χ3n) is 3.55. The van der Waals surface area contributed by atoms with Gasteiger partial charge < -0.3 is 14.6 Å². The van der Waals surface area contributed by atoms with E-state index < -0.39 is 0 Å². The highest BCUT2D eigenvalue weighted by molar-refractivity contribution is 5.57. The average molecular weight is 294 g/mol. The quantitative estimate of drug-likeness (QED) is 0.786. The topological polar surface area (TPSA) is 54.2 Å². The van der Waals surface area contributed by atoms with Crippen LogP contribution in [0.4, 0.5) is 5.69 Å². The fraction of sp³-hybridized carbons (Fsp3) is 0.176. The van der Waals surface area contributed by atoms with E-state index in [-0.39, 0.29) is 5.75 Å². The minimum absolute atomic E-state index is 0.257. The standard InChI is InChI=1S/C17H18N4O/c1-20-11-10-19-17(20)13-21(12-14-6-4-5-9-18-14)15-7-2-3-8-16(15)22/h2-11,22H,12-13H2,1H3. The van der Waals surface area contributed by atoms with E-state index in [1.807, 2.05) is 54.2 Å². The van der Waals surface area contributed by atoms with Crippen molar-refractivity contribution in [2.45, 2.75) is 13.1 Å². The van der Waals surface area contributed by atoms with Crippen molar-refractivity contribution in [2.75, 3.05) is 4.90 Å². The lowest BCUT2D eigenvalue weighted by atomic mass is 10.2. The number of anilines is 1. The van der Waals surface area contributed by atoms with Crippen LogP contribution in [0.15, 0.2) is 61.1 Å². The summed E-state index contributed by atoms with van der Waals surface area (Å²) >= 11 is 0. The molecule has 5 nitrogen and oxygen atoms in total. The zero-order chi connectivity index (χ0) is 15.4. The van der Waals surface area contributed by atoms with Crippen molar-refractivity contribution in [3.63, 3.8) is 0 Å². The number of pyridine rings is 1. The van der Waals surface area contributed by atoms with Crippen LogP contribution in [-0.4, -0.2) is 19.6 Å². The summed E-state index contributed by atoms with van der Waals surface area (Å²) in [6.07, 6.45) is 5.47. The molecule has 0 atom stereocenters. The number of imidazole rings is 1. The maximum absolute atomic E-state index is 10.2. The summed E-state index contributed by atoms with van der Waals surface area (Å²) in [7, 11) is 1.96. The maximum atomic E-state index is 10.2. The molecule has 0 unspecified atom stereocenters. The molecule has 0 aliphatic heterocycles. The van der Waals surface area contributed by atoms with Gasteiger partial charge >= 0.3 is 0 Å². The Morgan fingerprint density at radius 2 is 1.82 bits per heavy atom. The summed E-state index contributed by atoms with van der Waals surface area (Å²) in [6.45, 7) is 1.20. The number of hydrogen-bond donors (Lipinski definition) is 1. The van der Waals surface area contributed by atoms with Crippen LogP contribution in [-0.2, 0) is 20.1 Å². The normalized spacial score (nSPS) is 10.6. The van der Waals surface area contributed by atoms with Crippen molar-refractivity contribution < 1.29 is 5.11 Å². The first kappa shape index (κ1) is 14.1. The molecule has 3 aromatic rings. The Labute approximate surface area is 129 Å². The predicted octanol–water partition coefficient (Wildman–Crippen LogP) is 2.73. The second-order valence-electron chi connectivity index (χ2n) is 5.12. The van der Waals surface area contributed by atoms with Gasteiger partial charge in [0.2, 0.25) is 0 Å². The van der Waals surface area contributed by atoms with Gasteiger partial charge in [-0.2, -0.15) is 0 Å². The number of phenols is 1. The third-order valence-corrected chi connectivity index (χ3v) is 3.55. The molecule has 0 fully saturated rings. The van der Waals surface area contributed by atoms with Gasteiger partial charge in [0.1, 0.15) is 11.6 Å². The third kappa shape index (κ3) is 3.09. The molecule has 0 amide bonds. The molecule has 3 rings (SSSR count). The molecule has 0 saturated heterocycles. The lowest BCUT2D eigenvalue weighted by molar-refractivity contribution is 0.472. The van der Waals surface area contributed by atoms with Crippen molar-refractivity contribution >= 4 is 5.69 Å². The molecule has 22 heavy (non-hydrogen) atoms. The fourth-order valence-corrected chi connectivity index (χ4v) is 2.36. The average Bonchev–Trinajstić information content (AvgIpc) is 2.93. The van der Waals surface area contributed by atoms with Gasteiger partial charge in [0.25, 0.3) is 0 Å². The first-order chi connectivity index (χ1) is 10.7. The number of aromatic nitrogens is 3. The number of aromatic hydroxyl groups is 1. The monoisotopic (exact) mass is 294 g/mol. The van der Waals surface area contributed by atoms with Crippen molar-refractivity contribution in [3.05, 3.63) is 72.6 Å². The molecule has 0 aliphatic rings. The van der Waals surface area contributed by atoms with Gasteiger partial charge in [-0.05, 0) is 24.3 Å². The van der Waals surface area contributed by atoms with Crippen molar-refractivity contribution in [1.29, 1.82) is 0 Å². The SMILES string of the molecule is Cn1ccnc1CN(Cc1ccccn1)c1ccccc1O. The van der Waals surface area contributed by atoms with Gasteiger partial charge in [-0.3, -0.25) is 4.98 Å². The van der Waals surface area contributed by atoms with E-state index in [9.17, 15) is 5.11 Å². The maximum Gasteiger partial charge on any atom is 0.138 e. The summed E-state index contributed by atoms with van der Waals surface area (Å²) in [5.41, 5.74) is 1.72. The molecule has 0 spiro atoms. The highest BCUT2D eigenvalue weighted by atomic mass is 16.3. The van der Waals surface area contributed by atoms with E-state index >= 15 is 0 Å². The van der Waals surface area contributed by atoms with Crippen LogP contribution < -0.4 is 4.90 Å². The van der Waals surface area contributed by atoms with E-state index in [2.05, 4.69) is 14.9 Å². The second-order valence-corrected chi connectivity index (χ2v) is 5.12. The first-order valence-electron chi connectivity index (χ1n) is 7.13. The van der Waals surface area contributed by atoms with Gasteiger partial charge in [0.15, 0.2) is 0 Å². The zero-order valence-electron chi connectivity index (χ0n) is 12.4. The van der Waals surface area contributed by atoms with Gasteiger partial charge in [-0.15, -0.1) is 0 Å². The van der Waals surface area contributed by atoms with E-state index in [1.165, 1.54) is 0 Å². The van der Waals surface area contributed by atoms with Crippen LogP contribution in [0.2, 0.25) is 0 Å². The Morgan fingerprint density at radius 1 is 1.00 bits per heavy atom. The van der Waals surface area contributed by atoms with E-state index in [0.29, 0.717) is 13.1 Å². The summed E-state index contributed by atoms with van der Waals surface area (Å²) in [5, 5.41) is 10.2. The van der Waals surface area contributed by atoms with Gasteiger partial charge in [0, 0.05) is 25.6 Å². The lowest BCUT2D eigenvalue weighted by Gasteiger charge is -2.25. The Morgan fingerprint density at radius 3 is 2.50 bits per heavy atom. The second kappa shape index (κ2) is 6.30.